The van der Waals surface area contributed by atoms with Gasteiger partial charge in [0, 0.05) is 0 Å². The molecule has 2 rings (SSSR count). The average molecular weight is 180 g/mol. The van der Waals surface area contributed by atoms with Crippen molar-refractivity contribution in [1.82, 2.24) is 0 Å². The van der Waals surface area contributed by atoms with Gasteiger partial charge < -0.3 is 5.11 Å². The van der Waals surface area contributed by atoms with Gasteiger partial charge in [-0.3, -0.25) is 0 Å². The molecule has 1 N–H and O–H groups in total. The minimum Gasteiger partial charge on any atom is -0.393 e. The molecule has 1 saturated carbocycles. The Labute approximate surface area is 77.2 Å². The molecule has 70 valence electrons. The molecule has 13 heavy (non-hydrogen) atoms. The molecule has 0 amide bonds. The van der Waals surface area contributed by atoms with Crippen molar-refractivity contribution in [3.05, 3.63) is 35.6 Å². The van der Waals surface area contributed by atoms with Gasteiger partial charge in [0.15, 0.2) is 0 Å². The first-order valence-electron chi connectivity index (χ1n) is 4.54. The molecule has 1 nitrogen and oxygen atoms in total. The number of hydrogen-bond donors (Lipinski definition) is 1. The van der Waals surface area contributed by atoms with Crippen LogP contribution in [-0.4, -0.2) is 11.2 Å². The van der Waals surface area contributed by atoms with E-state index in [1.54, 1.807) is 12.1 Å². The first-order valence-corrected chi connectivity index (χ1v) is 4.54. The fraction of sp³-hybridized carbons (Fsp3) is 0.455. The Hall–Kier alpha value is -0.890. The van der Waals surface area contributed by atoms with Crippen LogP contribution in [0, 0.1) is 5.82 Å². The second-order valence-electron chi connectivity index (χ2n) is 4.13. The standard InChI is InChI=1S/C11H13FO/c1-11(6-10(13)7-11)8-2-4-9(12)5-3-8/h2-5,10,13H,6-7H2,1H3. The van der Waals surface area contributed by atoms with Gasteiger partial charge >= 0.3 is 0 Å². The zero-order valence-corrected chi connectivity index (χ0v) is 7.63. The van der Waals surface area contributed by atoms with E-state index < -0.39 is 0 Å². The predicted octanol–water partition coefficient (Wildman–Crippen LogP) is 2.24. The number of rotatable bonds is 1. The van der Waals surface area contributed by atoms with Crippen molar-refractivity contribution >= 4 is 0 Å². The second kappa shape index (κ2) is 2.81. The number of halogens is 1. The Morgan fingerprint density at radius 1 is 1.31 bits per heavy atom. The summed E-state index contributed by atoms with van der Waals surface area (Å²) in [5, 5.41) is 9.23. The fourth-order valence-corrected chi connectivity index (χ4v) is 2.07. The molecule has 0 atom stereocenters. The van der Waals surface area contributed by atoms with Gasteiger partial charge in [-0.05, 0) is 36.0 Å². The maximum atomic E-state index is 12.6. The molecule has 0 bridgehead atoms. The van der Waals surface area contributed by atoms with Gasteiger partial charge in [0.2, 0.25) is 0 Å². The molecule has 1 aromatic carbocycles. The molecule has 0 unspecified atom stereocenters. The number of benzene rings is 1. The maximum absolute atomic E-state index is 12.6. The highest BCUT2D eigenvalue weighted by Crippen LogP contribution is 2.43. The van der Waals surface area contributed by atoms with Gasteiger partial charge in [0.1, 0.15) is 5.82 Å². The highest BCUT2D eigenvalue weighted by molar-refractivity contribution is 5.28. The molecular formula is C11H13FO. The predicted molar refractivity (Wildman–Crippen MR) is 49.0 cm³/mol. The molecule has 0 spiro atoms. The van der Waals surface area contributed by atoms with Gasteiger partial charge in [-0.25, -0.2) is 4.39 Å². The van der Waals surface area contributed by atoms with E-state index in [4.69, 9.17) is 0 Å². The number of aliphatic hydroxyl groups excluding tert-OH is 1. The van der Waals surface area contributed by atoms with Crippen molar-refractivity contribution in [2.45, 2.75) is 31.3 Å². The van der Waals surface area contributed by atoms with Crippen LogP contribution in [0.3, 0.4) is 0 Å². The van der Waals surface area contributed by atoms with Gasteiger partial charge in [0.25, 0.3) is 0 Å². The van der Waals surface area contributed by atoms with E-state index in [0.29, 0.717) is 0 Å². The highest BCUT2D eigenvalue weighted by atomic mass is 19.1. The van der Waals surface area contributed by atoms with E-state index in [2.05, 4.69) is 6.92 Å². The van der Waals surface area contributed by atoms with E-state index in [0.717, 1.165) is 18.4 Å². The third-order valence-corrected chi connectivity index (χ3v) is 2.91. The molecule has 1 fully saturated rings. The molecule has 0 heterocycles. The smallest absolute Gasteiger partial charge is 0.123 e. The lowest BCUT2D eigenvalue weighted by Gasteiger charge is -2.43. The van der Waals surface area contributed by atoms with Crippen molar-refractivity contribution in [3.8, 4) is 0 Å². The van der Waals surface area contributed by atoms with Crippen LogP contribution in [-0.2, 0) is 5.41 Å². The molecule has 0 aliphatic heterocycles. The summed E-state index contributed by atoms with van der Waals surface area (Å²) in [5.41, 5.74) is 1.19. The number of hydrogen-bond acceptors (Lipinski definition) is 1. The van der Waals surface area contributed by atoms with E-state index in [1.807, 2.05) is 0 Å². The van der Waals surface area contributed by atoms with Crippen LogP contribution in [0.5, 0.6) is 0 Å². The Morgan fingerprint density at radius 3 is 2.31 bits per heavy atom. The summed E-state index contributed by atoms with van der Waals surface area (Å²) >= 11 is 0. The lowest BCUT2D eigenvalue weighted by Crippen LogP contribution is -2.41. The van der Waals surface area contributed by atoms with Crippen LogP contribution in [0.1, 0.15) is 25.3 Å². The summed E-state index contributed by atoms with van der Waals surface area (Å²) in [6.45, 7) is 2.10. The minimum atomic E-state index is -0.202. The van der Waals surface area contributed by atoms with Crippen LogP contribution in [0.2, 0.25) is 0 Å². The van der Waals surface area contributed by atoms with Gasteiger partial charge in [-0.1, -0.05) is 19.1 Å². The molecular weight excluding hydrogens is 167 g/mol. The largest absolute Gasteiger partial charge is 0.393 e. The topological polar surface area (TPSA) is 20.2 Å². The summed E-state index contributed by atoms with van der Waals surface area (Å²) in [5.74, 6) is -0.202. The number of aliphatic hydroxyl groups is 1. The third-order valence-electron chi connectivity index (χ3n) is 2.91. The summed E-state index contributed by atoms with van der Waals surface area (Å²) in [6, 6.07) is 6.57. The van der Waals surface area contributed by atoms with E-state index >= 15 is 0 Å². The van der Waals surface area contributed by atoms with Crippen LogP contribution < -0.4 is 0 Å². The zero-order valence-electron chi connectivity index (χ0n) is 7.63. The van der Waals surface area contributed by atoms with Crippen LogP contribution in [0.25, 0.3) is 0 Å². The zero-order chi connectivity index (χ0) is 9.47. The SMILES string of the molecule is CC1(c2ccc(F)cc2)CC(O)C1. The maximum Gasteiger partial charge on any atom is 0.123 e. The minimum absolute atomic E-state index is 0.0626. The van der Waals surface area contributed by atoms with Crippen LogP contribution in [0.15, 0.2) is 24.3 Å². The van der Waals surface area contributed by atoms with Crippen LogP contribution >= 0.6 is 0 Å². The lowest BCUT2D eigenvalue weighted by atomic mass is 9.64. The summed E-state index contributed by atoms with van der Waals surface area (Å²) in [7, 11) is 0. The highest BCUT2D eigenvalue weighted by Gasteiger charge is 2.40. The lowest BCUT2D eigenvalue weighted by molar-refractivity contribution is 0.0272. The molecule has 0 aromatic heterocycles. The first-order chi connectivity index (χ1) is 6.10. The van der Waals surface area contributed by atoms with Crippen LogP contribution in [0.4, 0.5) is 4.39 Å². The fourth-order valence-electron chi connectivity index (χ4n) is 2.07. The summed E-state index contributed by atoms with van der Waals surface area (Å²) in [4.78, 5) is 0. The summed E-state index contributed by atoms with van der Waals surface area (Å²) in [6.07, 6.45) is 1.41. The van der Waals surface area contributed by atoms with Crippen molar-refractivity contribution < 1.29 is 9.50 Å². The quantitative estimate of drug-likeness (QED) is 0.702. The van der Waals surface area contributed by atoms with Crippen molar-refractivity contribution in [2.75, 3.05) is 0 Å². The molecule has 0 saturated heterocycles. The normalized spacial score (nSPS) is 32.7. The molecule has 1 aliphatic rings. The monoisotopic (exact) mass is 180 g/mol. The Morgan fingerprint density at radius 2 is 1.85 bits per heavy atom. The van der Waals surface area contributed by atoms with E-state index in [-0.39, 0.29) is 17.3 Å². The van der Waals surface area contributed by atoms with Gasteiger partial charge in [-0.2, -0.15) is 0 Å². The summed E-state index contributed by atoms with van der Waals surface area (Å²) < 4.78 is 12.6. The Balaban J connectivity index is 2.22. The van der Waals surface area contributed by atoms with Crippen molar-refractivity contribution in [2.24, 2.45) is 0 Å². The molecule has 2 heteroatoms. The third kappa shape index (κ3) is 1.46. The van der Waals surface area contributed by atoms with Crippen molar-refractivity contribution in [1.29, 1.82) is 0 Å². The molecule has 1 aliphatic carbocycles. The average Bonchev–Trinajstić information content (AvgIpc) is 2.03. The Bertz CT molecular complexity index is 298. The van der Waals surface area contributed by atoms with Crippen molar-refractivity contribution in [3.63, 3.8) is 0 Å². The molecule has 0 radical (unpaired) electrons. The van der Waals surface area contributed by atoms with Gasteiger partial charge in [-0.15, -0.1) is 0 Å². The second-order valence-corrected chi connectivity index (χ2v) is 4.13. The van der Waals surface area contributed by atoms with E-state index in [9.17, 15) is 9.50 Å². The molecule has 1 aromatic rings. The van der Waals surface area contributed by atoms with Gasteiger partial charge in [0.05, 0.1) is 6.10 Å². The van der Waals surface area contributed by atoms with E-state index in [1.165, 1.54) is 12.1 Å². The first kappa shape index (κ1) is 8.70. The Kier molecular flexibility index (Phi) is 1.88.